The van der Waals surface area contributed by atoms with Crippen molar-refractivity contribution in [1.29, 1.82) is 0 Å². The summed E-state index contributed by atoms with van der Waals surface area (Å²) in [5.41, 5.74) is -0.762. The minimum atomic E-state index is -1.18. The van der Waals surface area contributed by atoms with Gasteiger partial charge in [-0.15, -0.1) is 0 Å². The first-order valence-corrected chi connectivity index (χ1v) is 13.7. The van der Waals surface area contributed by atoms with E-state index in [1.807, 2.05) is 44.2 Å². The van der Waals surface area contributed by atoms with Crippen molar-refractivity contribution >= 4 is 35.0 Å². The first kappa shape index (κ1) is 26.7. The molecule has 2 aromatic carbocycles. The first-order chi connectivity index (χ1) is 18.3. The first-order valence-electron chi connectivity index (χ1n) is 13.3. The standard InChI is InChI=1S/C29H34ClN3O5/c1-3-16-31-25(35)22-23-27(37)33(21(17-34)18-8-6-5-7-9-18)24(29(23)15-14-28(22,4-2)38-29)26(36)32-20-12-10-19(30)11-13-20/h5-13,21-24,34H,3-4,14-17H2,1-2H3,(H,31,35)(H,32,36)/t21-,22+,23+,24?,28-,29?/m1/s1. The minimum Gasteiger partial charge on any atom is -0.394 e. The molecule has 0 saturated carbocycles. The normalized spacial score (nSPS) is 30.3. The Bertz CT molecular complexity index is 1210. The molecular formula is C29H34ClN3O5. The number of ether oxygens (including phenoxy) is 1. The van der Waals surface area contributed by atoms with Gasteiger partial charge in [-0.05, 0) is 55.5 Å². The van der Waals surface area contributed by atoms with E-state index in [-0.39, 0.29) is 18.4 Å². The van der Waals surface area contributed by atoms with Crippen molar-refractivity contribution in [1.82, 2.24) is 10.2 Å². The maximum atomic E-state index is 14.4. The van der Waals surface area contributed by atoms with Gasteiger partial charge in [-0.25, -0.2) is 0 Å². The summed E-state index contributed by atoms with van der Waals surface area (Å²) >= 11 is 6.03. The van der Waals surface area contributed by atoms with E-state index < -0.39 is 41.0 Å². The maximum absolute atomic E-state index is 14.4. The van der Waals surface area contributed by atoms with Gasteiger partial charge in [0.05, 0.1) is 30.1 Å². The van der Waals surface area contributed by atoms with Crippen LogP contribution in [0, 0.1) is 11.8 Å². The largest absolute Gasteiger partial charge is 0.394 e. The summed E-state index contributed by atoms with van der Waals surface area (Å²) in [6, 6.07) is 14.1. The third-order valence-corrected chi connectivity index (χ3v) is 8.76. The molecule has 3 saturated heterocycles. The maximum Gasteiger partial charge on any atom is 0.250 e. The van der Waals surface area contributed by atoms with Gasteiger partial charge in [0.15, 0.2) is 0 Å². The van der Waals surface area contributed by atoms with Crippen LogP contribution in [-0.4, -0.2) is 58.1 Å². The van der Waals surface area contributed by atoms with Crippen molar-refractivity contribution in [2.24, 2.45) is 11.8 Å². The number of halogens is 1. The molecule has 5 rings (SSSR count). The average molecular weight is 540 g/mol. The Kier molecular flexibility index (Phi) is 7.24. The summed E-state index contributed by atoms with van der Waals surface area (Å²) in [5.74, 6) is -2.51. The van der Waals surface area contributed by atoms with Gasteiger partial charge in [0.2, 0.25) is 17.7 Å². The third kappa shape index (κ3) is 4.10. The van der Waals surface area contributed by atoms with Gasteiger partial charge in [0.1, 0.15) is 11.6 Å². The highest BCUT2D eigenvalue weighted by Crippen LogP contribution is 2.65. The van der Waals surface area contributed by atoms with E-state index in [9.17, 15) is 19.5 Å². The van der Waals surface area contributed by atoms with Crippen LogP contribution in [0.2, 0.25) is 5.02 Å². The zero-order chi connectivity index (χ0) is 27.1. The number of anilines is 1. The summed E-state index contributed by atoms with van der Waals surface area (Å²) in [6.45, 7) is 4.05. The number of likely N-dealkylation sites (tertiary alicyclic amines) is 1. The highest BCUT2D eigenvalue weighted by Gasteiger charge is 2.79. The van der Waals surface area contributed by atoms with Crippen molar-refractivity contribution < 1.29 is 24.2 Å². The van der Waals surface area contributed by atoms with Crippen LogP contribution in [0.1, 0.15) is 51.1 Å². The van der Waals surface area contributed by atoms with E-state index in [1.54, 1.807) is 24.3 Å². The molecule has 2 aromatic rings. The Balaban J connectivity index is 1.60. The fourth-order valence-electron chi connectivity index (χ4n) is 6.82. The highest BCUT2D eigenvalue weighted by atomic mass is 35.5. The lowest BCUT2D eigenvalue weighted by Gasteiger charge is -2.37. The molecule has 3 aliphatic heterocycles. The van der Waals surface area contributed by atoms with E-state index in [2.05, 4.69) is 10.6 Å². The Morgan fingerprint density at radius 3 is 2.45 bits per heavy atom. The van der Waals surface area contributed by atoms with Gasteiger partial charge in [-0.1, -0.05) is 55.8 Å². The van der Waals surface area contributed by atoms with Crippen LogP contribution < -0.4 is 10.6 Å². The fraction of sp³-hybridized carbons (Fsp3) is 0.483. The summed E-state index contributed by atoms with van der Waals surface area (Å²) in [5, 5.41) is 17.0. The van der Waals surface area contributed by atoms with Crippen LogP contribution in [0.3, 0.4) is 0 Å². The molecule has 2 bridgehead atoms. The number of nitrogens with zero attached hydrogens (tertiary/aromatic N) is 1. The molecule has 6 atom stereocenters. The van der Waals surface area contributed by atoms with Crippen molar-refractivity contribution in [2.45, 2.75) is 62.8 Å². The van der Waals surface area contributed by atoms with Gasteiger partial charge in [-0.3, -0.25) is 14.4 Å². The average Bonchev–Trinajstić information content (AvgIpc) is 3.53. The molecule has 38 heavy (non-hydrogen) atoms. The molecule has 0 radical (unpaired) electrons. The number of benzene rings is 2. The zero-order valence-corrected chi connectivity index (χ0v) is 22.4. The summed E-state index contributed by atoms with van der Waals surface area (Å²) in [7, 11) is 0. The molecule has 3 N–H and O–H groups in total. The zero-order valence-electron chi connectivity index (χ0n) is 21.7. The Morgan fingerprint density at radius 2 is 1.82 bits per heavy atom. The SMILES string of the molecule is CCCNC(=O)[C@@H]1[C@H]2C(=O)N([C@H](CO)c3ccccc3)C(C(=O)Nc3ccc(Cl)cc3)C23CC[C@@]1(CC)O3. The molecule has 3 fully saturated rings. The number of hydrogen-bond donors (Lipinski definition) is 3. The number of carbonyl (C=O) groups is 3. The molecule has 3 heterocycles. The van der Waals surface area contributed by atoms with Gasteiger partial charge in [-0.2, -0.15) is 0 Å². The number of hydrogen-bond acceptors (Lipinski definition) is 5. The number of fused-ring (bicyclic) bond motifs is 1. The van der Waals surface area contributed by atoms with Crippen molar-refractivity contribution in [3.05, 3.63) is 65.2 Å². The van der Waals surface area contributed by atoms with Gasteiger partial charge >= 0.3 is 0 Å². The Hall–Kier alpha value is -2.94. The van der Waals surface area contributed by atoms with Crippen molar-refractivity contribution in [3.8, 4) is 0 Å². The lowest BCUT2D eigenvalue weighted by Crippen LogP contribution is -2.54. The highest BCUT2D eigenvalue weighted by molar-refractivity contribution is 6.30. The minimum absolute atomic E-state index is 0.215. The Labute approximate surface area is 227 Å². The van der Waals surface area contributed by atoms with E-state index >= 15 is 0 Å². The molecule has 0 aliphatic carbocycles. The summed E-state index contributed by atoms with van der Waals surface area (Å²) in [4.78, 5) is 43.4. The van der Waals surface area contributed by atoms with E-state index in [1.165, 1.54) is 4.90 Å². The second-order valence-corrected chi connectivity index (χ2v) is 10.9. The second kappa shape index (κ2) is 10.3. The number of amides is 3. The second-order valence-electron chi connectivity index (χ2n) is 10.5. The van der Waals surface area contributed by atoms with Gasteiger partial charge < -0.3 is 25.4 Å². The topological polar surface area (TPSA) is 108 Å². The monoisotopic (exact) mass is 539 g/mol. The van der Waals surface area contributed by atoms with Crippen LogP contribution >= 0.6 is 11.6 Å². The molecular weight excluding hydrogens is 506 g/mol. The van der Waals surface area contributed by atoms with E-state index in [4.69, 9.17) is 16.3 Å². The molecule has 0 aromatic heterocycles. The molecule has 8 nitrogen and oxygen atoms in total. The number of aliphatic hydroxyl groups excluding tert-OH is 1. The van der Waals surface area contributed by atoms with Crippen molar-refractivity contribution in [2.75, 3.05) is 18.5 Å². The third-order valence-electron chi connectivity index (χ3n) is 8.50. The van der Waals surface area contributed by atoms with Crippen LogP contribution in [0.4, 0.5) is 5.69 Å². The molecule has 1 spiro atoms. The number of carbonyl (C=O) groups excluding carboxylic acids is 3. The summed E-state index contributed by atoms with van der Waals surface area (Å²) in [6.07, 6.45) is 2.36. The molecule has 3 amide bonds. The lowest BCUT2D eigenvalue weighted by atomic mass is 9.65. The van der Waals surface area contributed by atoms with E-state index in [0.29, 0.717) is 42.1 Å². The van der Waals surface area contributed by atoms with Gasteiger partial charge in [0.25, 0.3) is 0 Å². The predicted molar refractivity (Wildman–Crippen MR) is 143 cm³/mol. The molecule has 2 unspecified atom stereocenters. The van der Waals surface area contributed by atoms with Crippen LogP contribution in [-0.2, 0) is 19.1 Å². The van der Waals surface area contributed by atoms with Crippen molar-refractivity contribution in [3.63, 3.8) is 0 Å². The lowest BCUT2D eigenvalue weighted by molar-refractivity contribution is -0.149. The number of nitrogens with one attached hydrogen (secondary N) is 2. The predicted octanol–water partition coefficient (Wildman–Crippen LogP) is 3.69. The molecule has 9 heteroatoms. The number of aliphatic hydroxyl groups is 1. The van der Waals surface area contributed by atoms with Crippen LogP contribution in [0.5, 0.6) is 0 Å². The fourth-order valence-corrected chi connectivity index (χ4v) is 6.95. The Morgan fingerprint density at radius 1 is 1.11 bits per heavy atom. The summed E-state index contributed by atoms with van der Waals surface area (Å²) < 4.78 is 6.77. The smallest absolute Gasteiger partial charge is 0.250 e. The molecule has 3 aliphatic rings. The quantitative estimate of drug-likeness (QED) is 0.450. The van der Waals surface area contributed by atoms with E-state index in [0.717, 1.165) is 6.42 Å². The molecule has 202 valence electrons. The van der Waals surface area contributed by atoms with Gasteiger partial charge in [0, 0.05) is 17.3 Å². The van der Waals surface area contributed by atoms with Crippen LogP contribution in [0.25, 0.3) is 0 Å². The number of rotatable bonds is 9. The van der Waals surface area contributed by atoms with Crippen LogP contribution in [0.15, 0.2) is 54.6 Å².